The summed E-state index contributed by atoms with van der Waals surface area (Å²) in [7, 11) is 0. The first-order valence-corrected chi connectivity index (χ1v) is 13.4. The largest absolute Gasteiger partial charge is 0.464 e. The van der Waals surface area contributed by atoms with Crippen molar-refractivity contribution in [2.75, 3.05) is 18.1 Å². The van der Waals surface area contributed by atoms with Crippen LogP contribution in [-0.4, -0.2) is 59.1 Å². The summed E-state index contributed by atoms with van der Waals surface area (Å²) >= 11 is 0. The van der Waals surface area contributed by atoms with Crippen LogP contribution in [0.3, 0.4) is 0 Å². The Bertz CT molecular complexity index is 1360. The van der Waals surface area contributed by atoms with Crippen LogP contribution in [0.1, 0.15) is 89.3 Å². The van der Waals surface area contributed by atoms with Gasteiger partial charge in [-0.05, 0) is 91.0 Å². The third kappa shape index (κ3) is 4.81. The molecule has 2 aliphatic rings. The number of ether oxygens (including phenoxy) is 3. The monoisotopic (exact) mass is 540 g/mol. The summed E-state index contributed by atoms with van der Waals surface area (Å²) in [6.07, 6.45) is 1.59. The molecule has 210 valence electrons. The highest BCUT2D eigenvalue weighted by Crippen LogP contribution is 2.47. The van der Waals surface area contributed by atoms with E-state index in [-0.39, 0.29) is 24.7 Å². The highest BCUT2D eigenvalue weighted by molar-refractivity contribution is 6.19. The number of nitrogens with zero attached hydrogens (tertiary/aromatic N) is 2. The highest BCUT2D eigenvalue weighted by Gasteiger charge is 2.52. The molecule has 39 heavy (non-hydrogen) atoms. The Hall–Kier alpha value is -3.69. The van der Waals surface area contributed by atoms with Crippen LogP contribution in [0.5, 0.6) is 0 Å². The van der Waals surface area contributed by atoms with Crippen LogP contribution in [0.2, 0.25) is 0 Å². The fourth-order valence-corrected chi connectivity index (χ4v) is 5.37. The van der Waals surface area contributed by atoms with E-state index in [9.17, 15) is 24.0 Å². The molecule has 0 radical (unpaired) electrons. The summed E-state index contributed by atoms with van der Waals surface area (Å²) in [5.41, 5.74) is 0.280. The van der Waals surface area contributed by atoms with E-state index in [1.807, 2.05) is 0 Å². The predicted octanol–water partition coefficient (Wildman–Crippen LogP) is 4.45. The van der Waals surface area contributed by atoms with Gasteiger partial charge in [-0.15, -0.1) is 0 Å². The number of Topliss-reactive ketones (excluding diaryl/α,β-unsaturated/α-hetero) is 1. The maximum atomic E-state index is 13.8. The minimum atomic E-state index is -1.64. The molecule has 1 aliphatic heterocycles. The molecule has 1 aliphatic carbocycles. The Balaban J connectivity index is 2.02. The highest BCUT2D eigenvalue weighted by atomic mass is 16.6. The van der Waals surface area contributed by atoms with Crippen molar-refractivity contribution in [3.05, 3.63) is 29.0 Å². The zero-order valence-corrected chi connectivity index (χ0v) is 23.6. The molecule has 1 amide bonds. The Morgan fingerprint density at radius 2 is 1.56 bits per heavy atom. The molecule has 10 nitrogen and oxygen atoms in total. The first-order chi connectivity index (χ1) is 18.2. The number of hydrogen-bond donors (Lipinski definition) is 0. The second kappa shape index (κ2) is 10.1. The van der Waals surface area contributed by atoms with Gasteiger partial charge in [0.05, 0.1) is 35.5 Å². The van der Waals surface area contributed by atoms with Crippen LogP contribution in [0.4, 0.5) is 10.5 Å². The van der Waals surface area contributed by atoms with Crippen LogP contribution in [0.25, 0.3) is 10.9 Å². The number of rotatable bonds is 5. The molecule has 0 saturated carbocycles. The van der Waals surface area contributed by atoms with Gasteiger partial charge in [0.15, 0.2) is 5.78 Å². The zero-order chi connectivity index (χ0) is 28.9. The number of benzene rings is 1. The summed E-state index contributed by atoms with van der Waals surface area (Å²) < 4.78 is 17.3. The summed E-state index contributed by atoms with van der Waals surface area (Å²) in [5.74, 6) is -2.43. The van der Waals surface area contributed by atoms with Crippen LogP contribution in [-0.2, 0) is 40.4 Å². The standard InChI is InChI=1S/C29H36N2O8/c1-8-37-24(33)23(25(34)38-9-2)30-20-14-17-16-12-10-11-13-21(32)22(16)31(27(36)39-28(3,4)5)19(17)15-18(20)29(6,7)26(30)35/h14-15,23H,8-13H2,1-7H3. The number of anilines is 1. The molecule has 4 rings (SSSR count). The molecule has 0 fully saturated rings. The molecule has 10 heteroatoms. The Morgan fingerprint density at radius 1 is 0.974 bits per heavy atom. The number of carbonyl (C=O) groups is 5. The van der Waals surface area contributed by atoms with Crippen LogP contribution >= 0.6 is 0 Å². The van der Waals surface area contributed by atoms with Crippen molar-refractivity contribution in [3.63, 3.8) is 0 Å². The summed E-state index contributed by atoms with van der Waals surface area (Å²) in [4.78, 5) is 67.7. The molecular formula is C29H36N2O8. The van der Waals surface area contributed by atoms with Crippen molar-refractivity contribution in [1.29, 1.82) is 0 Å². The van der Waals surface area contributed by atoms with Crippen LogP contribution in [0.15, 0.2) is 12.1 Å². The van der Waals surface area contributed by atoms with Gasteiger partial charge in [0, 0.05) is 11.8 Å². The number of aromatic nitrogens is 1. The summed E-state index contributed by atoms with van der Waals surface area (Å²) in [6, 6.07) is 1.76. The van der Waals surface area contributed by atoms with Gasteiger partial charge in [-0.1, -0.05) is 0 Å². The SMILES string of the molecule is CCOC(=O)C(C(=O)OCC)N1C(=O)C(C)(C)c2cc3c(cc21)c1c(n3C(=O)OC(C)(C)C)C(=O)CCCC1. The maximum Gasteiger partial charge on any atom is 0.419 e. The Labute approximate surface area is 227 Å². The van der Waals surface area contributed by atoms with Gasteiger partial charge in [0.25, 0.3) is 0 Å². The molecule has 0 atom stereocenters. The summed E-state index contributed by atoms with van der Waals surface area (Å²) in [6.45, 7) is 11.9. The lowest BCUT2D eigenvalue weighted by Crippen LogP contribution is -2.52. The fourth-order valence-electron chi connectivity index (χ4n) is 5.37. The van der Waals surface area contributed by atoms with Gasteiger partial charge in [-0.2, -0.15) is 0 Å². The molecule has 2 heterocycles. The number of aryl methyl sites for hydroxylation is 1. The topological polar surface area (TPSA) is 121 Å². The lowest BCUT2D eigenvalue weighted by molar-refractivity contribution is -0.157. The van der Waals surface area contributed by atoms with Gasteiger partial charge in [0.1, 0.15) is 5.60 Å². The first-order valence-electron chi connectivity index (χ1n) is 13.4. The van der Waals surface area contributed by atoms with Crippen molar-refractivity contribution >= 4 is 46.3 Å². The van der Waals surface area contributed by atoms with Crippen LogP contribution < -0.4 is 4.90 Å². The molecule has 0 spiro atoms. The number of esters is 2. The van der Waals surface area contributed by atoms with E-state index in [1.54, 1.807) is 60.6 Å². The van der Waals surface area contributed by atoms with E-state index in [0.717, 1.165) is 11.3 Å². The second-order valence-electron chi connectivity index (χ2n) is 11.4. The van der Waals surface area contributed by atoms with Crippen molar-refractivity contribution in [2.24, 2.45) is 0 Å². The number of ketones is 1. The lowest BCUT2D eigenvalue weighted by Gasteiger charge is -2.26. The third-order valence-corrected chi connectivity index (χ3v) is 7.07. The summed E-state index contributed by atoms with van der Waals surface area (Å²) in [5, 5.41) is 0.590. The normalized spacial score (nSPS) is 16.7. The van der Waals surface area contributed by atoms with Gasteiger partial charge in [-0.25, -0.2) is 19.0 Å². The molecule has 2 aromatic rings. The zero-order valence-electron chi connectivity index (χ0n) is 23.6. The van der Waals surface area contributed by atoms with Crippen LogP contribution in [0, 0.1) is 0 Å². The molecular weight excluding hydrogens is 504 g/mol. The van der Waals surface area contributed by atoms with Gasteiger partial charge < -0.3 is 14.2 Å². The van der Waals surface area contributed by atoms with E-state index in [1.165, 1.54) is 4.57 Å². The Kier molecular flexibility index (Phi) is 7.35. The number of fused-ring (bicyclic) bond motifs is 4. The Morgan fingerprint density at radius 3 is 2.13 bits per heavy atom. The molecule has 0 unspecified atom stereocenters. The van der Waals surface area contributed by atoms with Gasteiger partial charge in [-0.3, -0.25) is 14.5 Å². The molecule has 0 N–H and O–H groups in total. The molecule has 0 saturated heterocycles. The minimum absolute atomic E-state index is 0.0143. The minimum Gasteiger partial charge on any atom is -0.464 e. The quantitative estimate of drug-likeness (QED) is 0.236. The van der Waals surface area contributed by atoms with Crippen molar-refractivity contribution in [2.45, 2.75) is 91.2 Å². The average Bonchev–Trinajstić information content (AvgIpc) is 3.15. The first kappa shape index (κ1) is 28.3. The van der Waals surface area contributed by atoms with Crippen molar-refractivity contribution in [1.82, 2.24) is 4.57 Å². The predicted molar refractivity (Wildman–Crippen MR) is 143 cm³/mol. The van der Waals surface area contributed by atoms with E-state index in [0.29, 0.717) is 47.0 Å². The fraction of sp³-hybridized carbons (Fsp3) is 0.552. The second-order valence-corrected chi connectivity index (χ2v) is 11.4. The number of carbonyl (C=O) groups excluding carboxylic acids is 5. The molecule has 1 aromatic carbocycles. The molecule has 0 bridgehead atoms. The number of amides is 1. The number of hydrogen-bond acceptors (Lipinski definition) is 8. The van der Waals surface area contributed by atoms with E-state index in [2.05, 4.69) is 0 Å². The maximum absolute atomic E-state index is 13.8. The van der Waals surface area contributed by atoms with Crippen molar-refractivity contribution in [3.8, 4) is 0 Å². The van der Waals surface area contributed by atoms with Gasteiger partial charge in [0.2, 0.25) is 11.9 Å². The third-order valence-electron chi connectivity index (χ3n) is 7.07. The smallest absolute Gasteiger partial charge is 0.419 e. The van der Waals surface area contributed by atoms with E-state index in [4.69, 9.17) is 14.2 Å². The van der Waals surface area contributed by atoms with Crippen molar-refractivity contribution < 1.29 is 38.2 Å². The van der Waals surface area contributed by atoms with E-state index < -0.39 is 41.0 Å². The van der Waals surface area contributed by atoms with E-state index >= 15 is 0 Å². The molecule has 1 aromatic heterocycles. The average molecular weight is 541 g/mol. The lowest BCUT2D eigenvalue weighted by atomic mass is 9.85. The van der Waals surface area contributed by atoms with Gasteiger partial charge >= 0.3 is 18.0 Å².